The van der Waals surface area contributed by atoms with Gasteiger partial charge in [-0.05, 0) is 59.7 Å². The van der Waals surface area contributed by atoms with Crippen LogP contribution in [0.5, 0.6) is 0 Å². The second-order valence-corrected chi connectivity index (χ2v) is 6.92. The number of hydrogen-bond donors (Lipinski definition) is 1. The van der Waals surface area contributed by atoms with Crippen molar-refractivity contribution >= 4 is 11.0 Å². The van der Waals surface area contributed by atoms with Crippen LogP contribution >= 0.6 is 0 Å². The van der Waals surface area contributed by atoms with Gasteiger partial charge in [-0.15, -0.1) is 4.73 Å². The zero-order valence-electron chi connectivity index (χ0n) is 15.5. The molecule has 0 atom stereocenters. The highest BCUT2D eigenvalue weighted by molar-refractivity contribution is 5.79. The van der Waals surface area contributed by atoms with Crippen molar-refractivity contribution in [2.75, 3.05) is 0 Å². The predicted octanol–water partition coefficient (Wildman–Crippen LogP) is 4.29. The van der Waals surface area contributed by atoms with Gasteiger partial charge in [0.2, 0.25) is 0 Å². The lowest BCUT2D eigenvalue weighted by Gasteiger charge is -2.09. The largest absolute Gasteiger partial charge is 0.423 e. The first-order valence-electron chi connectivity index (χ1n) is 9.22. The molecule has 0 fully saturated rings. The molecule has 4 aromatic rings. The number of benzene rings is 2. The smallest absolute Gasteiger partial charge is 0.285 e. The van der Waals surface area contributed by atoms with E-state index < -0.39 is 17.2 Å². The molecular formula is C23H18F2N2O2. The van der Waals surface area contributed by atoms with E-state index in [0.29, 0.717) is 34.9 Å². The lowest BCUT2D eigenvalue weighted by atomic mass is 9.99. The Morgan fingerprint density at radius 2 is 1.66 bits per heavy atom. The van der Waals surface area contributed by atoms with Gasteiger partial charge in [-0.1, -0.05) is 30.3 Å². The van der Waals surface area contributed by atoms with Crippen LogP contribution in [-0.4, -0.2) is 14.9 Å². The molecule has 2 heterocycles. The van der Waals surface area contributed by atoms with Crippen molar-refractivity contribution < 1.29 is 14.0 Å². The maximum absolute atomic E-state index is 13.8. The highest BCUT2D eigenvalue weighted by Crippen LogP contribution is 2.19. The van der Waals surface area contributed by atoms with E-state index in [1.54, 1.807) is 6.07 Å². The first kappa shape index (κ1) is 18.8. The Labute approximate surface area is 165 Å². The Morgan fingerprint density at radius 1 is 0.897 bits per heavy atom. The lowest BCUT2D eigenvalue weighted by molar-refractivity contribution is 0.186. The Balaban J connectivity index is 1.51. The zero-order chi connectivity index (χ0) is 20.4. The van der Waals surface area contributed by atoms with E-state index in [1.165, 1.54) is 24.4 Å². The van der Waals surface area contributed by atoms with Gasteiger partial charge in [0, 0.05) is 23.7 Å². The highest BCUT2D eigenvalue weighted by atomic mass is 19.1. The SMILES string of the molecule is O=c1cc(Cc2ccc(CCc3ccc(F)cc3F)cc2)c2cccnc2n1O. The Hall–Kier alpha value is -3.54. The quantitative estimate of drug-likeness (QED) is 0.516. The summed E-state index contributed by atoms with van der Waals surface area (Å²) in [5, 5.41) is 10.6. The third-order valence-electron chi connectivity index (χ3n) is 4.96. The molecule has 0 aliphatic heterocycles. The molecular weight excluding hydrogens is 374 g/mol. The summed E-state index contributed by atoms with van der Waals surface area (Å²) in [5.41, 5.74) is 3.01. The second-order valence-electron chi connectivity index (χ2n) is 6.92. The van der Waals surface area contributed by atoms with Crippen molar-refractivity contribution in [3.8, 4) is 0 Å². The minimum Gasteiger partial charge on any atom is -0.423 e. The van der Waals surface area contributed by atoms with Gasteiger partial charge in [-0.2, -0.15) is 0 Å². The molecule has 1 N–H and O–H groups in total. The fourth-order valence-electron chi connectivity index (χ4n) is 3.40. The molecule has 0 aliphatic rings. The Morgan fingerprint density at radius 3 is 2.41 bits per heavy atom. The van der Waals surface area contributed by atoms with Gasteiger partial charge in [-0.3, -0.25) is 4.79 Å². The molecule has 4 nitrogen and oxygen atoms in total. The third kappa shape index (κ3) is 4.01. The maximum Gasteiger partial charge on any atom is 0.285 e. The van der Waals surface area contributed by atoms with Crippen LogP contribution in [0.2, 0.25) is 0 Å². The van der Waals surface area contributed by atoms with Crippen molar-refractivity contribution in [2.24, 2.45) is 0 Å². The molecule has 0 saturated heterocycles. The van der Waals surface area contributed by atoms with Crippen LogP contribution in [0.25, 0.3) is 11.0 Å². The van der Waals surface area contributed by atoms with E-state index in [9.17, 15) is 18.8 Å². The molecule has 146 valence electrons. The number of halogens is 2. The summed E-state index contributed by atoms with van der Waals surface area (Å²) in [6.45, 7) is 0. The van der Waals surface area contributed by atoms with Crippen molar-refractivity contribution in [3.63, 3.8) is 0 Å². The first-order valence-corrected chi connectivity index (χ1v) is 9.22. The summed E-state index contributed by atoms with van der Waals surface area (Å²) in [6, 6.07) is 16.5. The molecule has 4 rings (SSSR count). The van der Waals surface area contributed by atoms with E-state index in [1.807, 2.05) is 30.3 Å². The number of fused-ring (bicyclic) bond motifs is 1. The molecule has 0 bridgehead atoms. The Bertz CT molecular complexity index is 1230. The van der Waals surface area contributed by atoms with Crippen LogP contribution in [0.4, 0.5) is 8.78 Å². The molecule has 2 aromatic carbocycles. The maximum atomic E-state index is 13.8. The summed E-state index contributed by atoms with van der Waals surface area (Å²) in [6.07, 6.45) is 3.16. The van der Waals surface area contributed by atoms with Gasteiger partial charge >= 0.3 is 0 Å². The average molecular weight is 392 g/mol. The molecule has 0 amide bonds. The van der Waals surface area contributed by atoms with E-state index in [-0.39, 0.29) is 5.65 Å². The van der Waals surface area contributed by atoms with Gasteiger partial charge in [0.1, 0.15) is 11.6 Å². The third-order valence-corrected chi connectivity index (χ3v) is 4.96. The van der Waals surface area contributed by atoms with Crippen LogP contribution in [0, 0.1) is 11.6 Å². The molecule has 6 heteroatoms. The van der Waals surface area contributed by atoms with Crippen LogP contribution in [0.1, 0.15) is 22.3 Å². The van der Waals surface area contributed by atoms with Gasteiger partial charge in [0.25, 0.3) is 5.56 Å². The molecule has 0 aliphatic carbocycles. The standard InChI is InChI=1S/C23H18F2N2O2/c24-19-10-9-17(21(25)14-19)8-7-15-3-5-16(6-4-15)12-18-13-22(28)27(29)23-20(18)2-1-11-26-23/h1-6,9-11,13-14,29H,7-8,12H2. The number of nitrogens with zero attached hydrogens (tertiary/aromatic N) is 2. The summed E-state index contributed by atoms with van der Waals surface area (Å²) in [7, 11) is 0. The van der Waals surface area contributed by atoms with Crippen LogP contribution < -0.4 is 5.56 Å². The van der Waals surface area contributed by atoms with Crippen molar-refractivity contribution in [1.82, 2.24) is 9.71 Å². The number of pyridine rings is 2. The minimum atomic E-state index is -0.577. The van der Waals surface area contributed by atoms with Crippen LogP contribution in [0.3, 0.4) is 0 Å². The molecule has 0 radical (unpaired) electrons. The fourth-order valence-corrected chi connectivity index (χ4v) is 3.40. The van der Waals surface area contributed by atoms with E-state index >= 15 is 0 Å². The number of rotatable bonds is 5. The number of aryl methyl sites for hydroxylation is 2. The second kappa shape index (κ2) is 7.83. The normalized spacial score (nSPS) is 11.1. The summed E-state index contributed by atoms with van der Waals surface area (Å²) in [4.78, 5) is 16.1. The topological polar surface area (TPSA) is 55.1 Å². The van der Waals surface area contributed by atoms with Gasteiger partial charge < -0.3 is 5.21 Å². The number of aromatic nitrogens is 2. The number of hydrogen-bond acceptors (Lipinski definition) is 3. The Kier molecular flexibility index (Phi) is 5.08. The molecule has 2 aromatic heterocycles. The van der Waals surface area contributed by atoms with Gasteiger partial charge in [0.05, 0.1) is 0 Å². The summed E-state index contributed by atoms with van der Waals surface area (Å²) >= 11 is 0. The van der Waals surface area contributed by atoms with E-state index in [0.717, 1.165) is 22.8 Å². The summed E-state index contributed by atoms with van der Waals surface area (Å²) < 4.78 is 27.3. The summed E-state index contributed by atoms with van der Waals surface area (Å²) in [5.74, 6) is -1.10. The predicted molar refractivity (Wildman–Crippen MR) is 106 cm³/mol. The lowest BCUT2D eigenvalue weighted by Crippen LogP contribution is -2.19. The van der Waals surface area contributed by atoms with E-state index in [4.69, 9.17) is 0 Å². The molecule has 0 spiro atoms. The monoisotopic (exact) mass is 392 g/mol. The van der Waals surface area contributed by atoms with Gasteiger partial charge in [0.15, 0.2) is 5.65 Å². The zero-order valence-corrected chi connectivity index (χ0v) is 15.5. The molecule has 29 heavy (non-hydrogen) atoms. The average Bonchev–Trinajstić information content (AvgIpc) is 2.72. The molecule has 0 unspecified atom stereocenters. The first-order chi connectivity index (χ1) is 14.0. The fraction of sp³-hybridized carbons (Fsp3) is 0.130. The van der Waals surface area contributed by atoms with E-state index in [2.05, 4.69) is 4.98 Å². The van der Waals surface area contributed by atoms with Crippen molar-refractivity contribution in [3.05, 3.63) is 111 Å². The molecule has 0 saturated carbocycles. The highest BCUT2D eigenvalue weighted by Gasteiger charge is 2.10. The minimum absolute atomic E-state index is 0.230. The van der Waals surface area contributed by atoms with Crippen molar-refractivity contribution in [1.29, 1.82) is 0 Å². The van der Waals surface area contributed by atoms with Crippen LogP contribution in [-0.2, 0) is 19.3 Å². The van der Waals surface area contributed by atoms with Crippen molar-refractivity contribution in [2.45, 2.75) is 19.3 Å². The van der Waals surface area contributed by atoms with Gasteiger partial charge in [-0.25, -0.2) is 13.8 Å². The van der Waals surface area contributed by atoms with Crippen LogP contribution in [0.15, 0.2) is 71.7 Å².